The molecule has 2 heteroatoms. The molecule has 1 aromatic rings. The average molecular weight is 221 g/mol. The van der Waals surface area contributed by atoms with Crippen molar-refractivity contribution in [3.8, 4) is 0 Å². The van der Waals surface area contributed by atoms with Crippen molar-refractivity contribution in [1.82, 2.24) is 4.90 Å². The molecule has 0 spiro atoms. The number of hydrogen-bond acceptors (Lipinski definition) is 1. The zero-order valence-electron chi connectivity index (χ0n) is 10.2. The van der Waals surface area contributed by atoms with Crippen LogP contribution in [0, 0.1) is 5.82 Å². The standard InChI is InChI=1S/C14H20FN/c1-14(8-3-4-9-16(14)2)11-12-6-5-7-13(15)10-12/h5-7,10H,3-4,8-9,11H2,1-2H3. The molecule has 0 amide bonds. The predicted molar refractivity (Wildman–Crippen MR) is 65.0 cm³/mol. The van der Waals surface area contributed by atoms with Gasteiger partial charge in [0.25, 0.3) is 0 Å². The zero-order chi connectivity index (χ0) is 11.6. The summed E-state index contributed by atoms with van der Waals surface area (Å²) in [5, 5.41) is 0. The summed E-state index contributed by atoms with van der Waals surface area (Å²) in [7, 11) is 2.18. The smallest absolute Gasteiger partial charge is 0.123 e. The van der Waals surface area contributed by atoms with Crippen molar-refractivity contribution in [3.05, 3.63) is 35.6 Å². The molecule has 16 heavy (non-hydrogen) atoms. The summed E-state index contributed by atoms with van der Waals surface area (Å²) >= 11 is 0. The quantitative estimate of drug-likeness (QED) is 0.741. The molecule has 0 saturated carbocycles. The Morgan fingerprint density at radius 3 is 2.88 bits per heavy atom. The molecule has 1 atom stereocenters. The normalized spacial score (nSPS) is 26.9. The van der Waals surface area contributed by atoms with E-state index in [2.05, 4.69) is 18.9 Å². The second kappa shape index (κ2) is 4.54. The van der Waals surface area contributed by atoms with Crippen molar-refractivity contribution in [2.75, 3.05) is 13.6 Å². The number of nitrogens with zero attached hydrogens (tertiary/aromatic N) is 1. The van der Waals surface area contributed by atoms with Gasteiger partial charge in [0.1, 0.15) is 5.82 Å². The number of likely N-dealkylation sites (N-methyl/N-ethyl adjacent to an activating group) is 1. The minimum absolute atomic E-state index is 0.125. The van der Waals surface area contributed by atoms with Gasteiger partial charge < -0.3 is 4.90 Å². The van der Waals surface area contributed by atoms with E-state index in [1.54, 1.807) is 12.1 Å². The summed E-state index contributed by atoms with van der Waals surface area (Å²) in [6.07, 6.45) is 4.73. The number of hydrogen-bond donors (Lipinski definition) is 0. The summed E-state index contributed by atoms with van der Waals surface area (Å²) in [4.78, 5) is 2.42. The van der Waals surface area contributed by atoms with E-state index in [4.69, 9.17) is 0 Å². The van der Waals surface area contributed by atoms with Crippen LogP contribution in [0.5, 0.6) is 0 Å². The van der Waals surface area contributed by atoms with Gasteiger partial charge in [0.05, 0.1) is 0 Å². The molecule has 2 rings (SSSR count). The number of halogens is 1. The third kappa shape index (κ3) is 2.43. The van der Waals surface area contributed by atoms with E-state index in [0.717, 1.165) is 18.5 Å². The molecule has 1 aliphatic rings. The highest BCUT2D eigenvalue weighted by Gasteiger charge is 2.31. The summed E-state index contributed by atoms with van der Waals surface area (Å²) in [6, 6.07) is 7.00. The van der Waals surface area contributed by atoms with Crippen LogP contribution in [0.3, 0.4) is 0 Å². The Kier molecular flexibility index (Phi) is 3.29. The molecular weight excluding hydrogens is 201 g/mol. The summed E-state index contributed by atoms with van der Waals surface area (Å²) in [5.74, 6) is -0.125. The van der Waals surface area contributed by atoms with Gasteiger partial charge in [-0.05, 0) is 57.5 Å². The van der Waals surface area contributed by atoms with Gasteiger partial charge in [-0.3, -0.25) is 0 Å². The Hall–Kier alpha value is -0.890. The lowest BCUT2D eigenvalue weighted by atomic mass is 9.83. The molecule has 1 fully saturated rings. The maximum absolute atomic E-state index is 13.1. The van der Waals surface area contributed by atoms with Crippen molar-refractivity contribution in [2.24, 2.45) is 0 Å². The summed E-state index contributed by atoms with van der Waals surface area (Å²) < 4.78 is 13.1. The van der Waals surface area contributed by atoms with Crippen LogP contribution in [-0.2, 0) is 6.42 Å². The lowest BCUT2D eigenvalue weighted by Crippen LogP contribution is -2.48. The minimum atomic E-state index is -0.125. The SMILES string of the molecule is CN1CCCCC1(C)Cc1cccc(F)c1. The molecule has 1 aromatic carbocycles. The molecule has 1 nitrogen and oxygen atoms in total. The third-order valence-corrected chi connectivity index (χ3v) is 3.85. The Morgan fingerprint density at radius 2 is 2.19 bits per heavy atom. The van der Waals surface area contributed by atoms with E-state index in [1.165, 1.54) is 25.3 Å². The van der Waals surface area contributed by atoms with E-state index < -0.39 is 0 Å². The molecule has 0 aliphatic carbocycles. The van der Waals surface area contributed by atoms with Crippen LogP contribution in [0.4, 0.5) is 4.39 Å². The molecule has 88 valence electrons. The van der Waals surface area contributed by atoms with Crippen LogP contribution in [0.15, 0.2) is 24.3 Å². The van der Waals surface area contributed by atoms with Crippen LogP contribution in [-0.4, -0.2) is 24.0 Å². The van der Waals surface area contributed by atoms with Crippen molar-refractivity contribution >= 4 is 0 Å². The van der Waals surface area contributed by atoms with E-state index in [1.807, 2.05) is 6.07 Å². The van der Waals surface area contributed by atoms with E-state index >= 15 is 0 Å². The van der Waals surface area contributed by atoms with Gasteiger partial charge in [-0.1, -0.05) is 18.6 Å². The Morgan fingerprint density at radius 1 is 1.38 bits per heavy atom. The van der Waals surface area contributed by atoms with Crippen molar-refractivity contribution in [1.29, 1.82) is 0 Å². The minimum Gasteiger partial charge on any atom is -0.301 e. The highest BCUT2D eigenvalue weighted by molar-refractivity contribution is 5.19. The average Bonchev–Trinajstić information content (AvgIpc) is 2.23. The largest absolute Gasteiger partial charge is 0.301 e. The molecular formula is C14H20FN. The molecule has 0 radical (unpaired) electrons. The molecule has 0 aromatic heterocycles. The fourth-order valence-corrected chi connectivity index (χ4v) is 2.63. The maximum Gasteiger partial charge on any atom is 0.123 e. The summed E-state index contributed by atoms with van der Waals surface area (Å²) in [6.45, 7) is 3.45. The first-order valence-electron chi connectivity index (χ1n) is 6.06. The van der Waals surface area contributed by atoms with Crippen LogP contribution >= 0.6 is 0 Å². The van der Waals surface area contributed by atoms with Crippen LogP contribution in [0.1, 0.15) is 31.7 Å². The maximum atomic E-state index is 13.1. The van der Waals surface area contributed by atoms with E-state index in [9.17, 15) is 4.39 Å². The van der Waals surface area contributed by atoms with Crippen molar-refractivity contribution in [2.45, 2.75) is 38.1 Å². The van der Waals surface area contributed by atoms with Crippen molar-refractivity contribution < 1.29 is 4.39 Å². The van der Waals surface area contributed by atoms with Crippen molar-refractivity contribution in [3.63, 3.8) is 0 Å². The van der Waals surface area contributed by atoms with E-state index in [0.29, 0.717) is 0 Å². The zero-order valence-corrected chi connectivity index (χ0v) is 10.2. The monoisotopic (exact) mass is 221 g/mol. The number of likely N-dealkylation sites (tertiary alicyclic amines) is 1. The second-order valence-corrected chi connectivity index (χ2v) is 5.18. The van der Waals surface area contributed by atoms with E-state index in [-0.39, 0.29) is 11.4 Å². The Balaban J connectivity index is 2.13. The van der Waals surface area contributed by atoms with Gasteiger partial charge in [-0.15, -0.1) is 0 Å². The first-order valence-corrected chi connectivity index (χ1v) is 6.06. The Labute approximate surface area is 97.3 Å². The molecule has 1 heterocycles. The molecule has 1 saturated heterocycles. The lowest BCUT2D eigenvalue weighted by molar-refractivity contribution is 0.0901. The number of rotatable bonds is 2. The molecule has 1 aliphatic heterocycles. The molecule has 1 unspecified atom stereocenters. The fraction of sp³-hybridized carbons (Fsp3) is 0.571. The van der Waals surface area contributed by atoms with Gasteiger partial charge in [0.15, 0.2) is 0 Å². The fourth-order valence-electron chi connectivity index (χ4n) is 2.63. The second-order valence-electron chi connectivity index (χ2n) is 5.18. The molecule has 0 N–H and O–H groups in total. The van der Waals surface area contributed by atoms with Crippen LogP contribution in [0.25, 0.3) is 0 Å². The van der Waals surface area contributed by atoms with Gasteiger partial charge in [0.2, 0.25) is 0 Å². The topological polar surface area (TPSA) is 3.24 Å². The third-order valence-electron chi connectivity index (χ3n) is 3.85. The van der Waals surface area contributed by atoms with Gasteiger partial charge >= 0.3 is 0 Å². The number of benzene rings is 1. The lowest BCUT2D eigenvalue weighted by Gasteiger charge is -2.43. The van der Waals surface area contributed by atoms with Gasteiger partial charge in [-0.25, -0.2) is 4.39 Å². The highest BCUT2D eigenvalue weighted by atomic mass is 19.1. The first-order chi connectivity index (χ1) is 7.60. The summed E-state index contributed by atoms with van der Waals surface area (Å²) in [5.41, 5.74) is 1.31. The number of piperidine rings is 1. The van der Waals surface area contributed by atoms with Gasteiger partial charge in [-0.2, -0.15) is 0 Å². The highest BCUT2D eigenvalue weighted by Crippen LogP contribution is 2.29. The Bertz CT molecular complexity index is 364. The predicted octanol–water partition coefficient (Wildman–Crippen LogP) is 3.24. The molecule has 0 bridgehead atoms. The van der Waals surface area contributed by atoms with Gasteiger partial charge in [0, 0.05) is 5.54 Å². The van der Waals surface area contributed by atoms with Crippen LogP contribution < -0.4 is 0 Å². The van der Waals surface area contributed by atoms with Crippen LogP contribution in [0.2, 0.25) is 0 Å². The first kappa shape index (κ1) is 11.6.